The second-order valence-corrected chi connectivity index (χ2v) is 19.6. The van der Waals surface area contributed by atoms with E-state index < -0.39 is 90.3 Å². The molecule has 0 aliphatic rings. The molecule has 0 aliphatic heterocycles. The van der Waals surface area contributed by atoms with Gasteiger partial charge in [0.25, 0.3) is 0 Å². The molecule has 0 saturated heterocycles. The molecule has 24 heteroatoms. The summed E-state index contributed by atoms with van der Waals surface area (Å²) in [7, 11) is 0. The van der Waals surface area contributed by atoms with Gasteiger partial charge in [0.05, 0.1) is 44.9 Å². The number of Topliss-reactive ketones (excluding diaryl/α,β-unsaturated/α-hetero) is 2. The number of nitrogens with one attached hydrogen (secondary N) is 4. The van der Waals surface area contributed by atoms with Gasteiger partial charge < -0.3 is 65.7 Å². The van der Waals surface area contributed by atoms with Gasteiger partial charge in [-0.15, -0.1) is 0 Å². The van der Waals surface area contributed by atoms with Crippen LogP contribution < -0.4 is 21.3 Å². The SMILES string of the molecule is C[C@@H](CCCCNC(=O)CC[C@H](NC(=O)CC[C@H](CC(=O)COCCOCCNC(=O)COCCOCCCC(=O)CC[C@H](NC(=O)CCCCCCCCCCCCCCCCC(=O)O)C(=O)O)C(=O)O)C(=O)O)C(=O)O.[HH]. The number of carbonyl (C=O) groups excluding carboxylic acids is 6. The predicted octanol–water partition coefficient (Wildman–Crippen LogP) is 5.24. The summed E-state index contributed by atoms with van der Waals surface area (Å²) in [4.78, 5) is 130. The van der Waals surface area contributed by atoms with Crippen molar-refractivity contribution in [3.05, 3.63) is 0 Å². The molecule has 0 spiro atoms. The zero-order valence-corrected chi connectivity index (χ0v) is 46.0. The molecule has 0 aromatic rings. The van der Waals surface area contributed by atoms with Gasteiger partial charge in [-0.2, -0.15) is 0 Å². The lowest BCUT2D eigenvalue weighted by Gasteiger charge is -2.16. The lowest BCUT2D eigenvalue weighted by atomic mass is 9.97. The Labute approximate surface area is 460 Å². The van der Waals surface area contributed by atoms with Crippen LogP contribution in [0.1, 0.15) is 188 Å². The van der Waals surface area contributed by atoms with Crippen molar-refractivity contribution in [1.29, 1.82) is 0 Å². The molecule has 9 N–H and O–H groups in total. The zero-order chi connectivity index (χ0) is 58.2. The van der Waals surface area contributed by atoms with Crippen molar-refractivity contribution >= 4 is 65.0 Å². The summed E-state index contributed by atoms with van der Waals surface area (Å²) in [6.45, 7) is 2.13. The molecule has 0 heterocycles. The van der Waals surface area contributed by atoms with Crippen molar-refractivity contribution in [1.82, 2.24) is 21.3 Å². The highest BCUT2D eigenvalue weighted by atomic mass is 16.5. The Hall–Kier alpha value is -5.59. The summed E-state index contributed by atoms with van der Waals surface area (Å²) in [5.74, 6) is -9.88. The van der Waals surface area contributed by atoms with Gasteiger partial charge in [0.15, 0.2) is 5.78 Å². The number of aliphatic carboxylic acids is 5. The summed E-state index contributed by atoms with van der Waals surface area (Å²) >= 11 is 0. The molecule has 450 valence electrons. The van der Waals surface area contributed by atoms with E-state index >= 15 is 0 Å². The molecular formula is C54H94N4O20. The lowest BCUT2D eigenvalue weighted by molar-refractivity contribution is -0.145. The van der Waals surface area contributed by atoms with Crippen molar-refractivity contribution in [2.75, 3.05) is 65.9 Å². The van der Waals surface area contributed by atoms with E-state index in [-0.39, 0.29) is 130 Å². The Bertz CT molecular complexity index is 1770. The molecule has 0 saturated carbocycles. The summed E-state index contributed by atoms with van der Waals surface area (Å²) in [5.41, 5.74) is 0. The van der Waals surface area contributed by atoms with Crippen molar-refractivity contribution in [2.45, 2.75) is 199 Å². The number of ketones is 2. The largest absolute Gasteiger partial charge is 0.481 e. The van der Waals surface area contributed by atoms with Gasteiger partial charge in [-0.3, -0.25) is 43.2 Å². The molecule has 0 aromatic carbocycles. The number of ether oxygens (including phenoxy) is 4. The highest BCUT2D eigenvalue weighted by molar-refractivity contribution is 5.87. The van der Waals surface area contributed by atoms with Gasteiger partial charge in [-0.25, -0.2) is 9.59 Å². The lowest BCUT2D eigenvalue weighted by Crippen LogP contribution is -2.42. The second-order valence-electron chi connectivity index (χ2n) is 19.6. The average Bonchev–Trinajstić information content (AvgIpc) is 3.38. The van der Waals surface area contributed by atoms with Crippen LogP contribution in [0.3, 0.4) is 0 Å². The fourth-order valence-corrected chi connectivity index (χ4v) is 7.88. The molecule has 24 nitrogen and oxygen atoms in total. The minimum Gasteiger partial charge on any atom is -0.481 e. The average molecular weight is 1120 g/mol. The van der Waals surface area contributed by atoms with E-state index in [0.29, 0.717) is 32.1 Å². The molecule has 0 fully saturated rings. The number of amides is 4. The highest BCUT2D eigenvalue weighted by Gasteiger charge is 2.26. The van der Waals surface area contributed by atoms with Crippen LogP contribution >= 0.6 is 0 Å². The predicted molar refractivity (Wildman–Crippen MR) is 285 cm³/mol. The number of carboxylic acid groups (broad SMARTS) is 5. The molecule has 0 unspecified atom stereocenters. The molecule has 0 aromatic heterocycles. The fourth-order valence-electron chi connectivity index (χ4n) is 7.88. The Morgan fingerprint density at radius 1 is 0.372 bits per heavy atom. The normalized spacial score (nSPS) is 12.6. The molecule has 4 atom stereocenters. The van der Waals surface area contributed by atoms with Gasteiger partial charge >= 0.3 is 29.8 Å². The van der Waals surface area contributed by atoms with Gasteiger partial charge in [-0.1, -0.05) is 90.4 Å². The topological polar surface area (TPSA) is 374 Å². The first-order valence-electron chi connectivity index (χ1n) is 27.9. The van der Waals surface area contributed by atoms with Crippen LogP contribution in [-0.2, 0) is 71.7 Å². The van der Waals surface area contributed by atoms with E-state index in [4.69, 9.17) is 29.2 Å². The van der Waals surface area contributed by atoms with Crippen LogP contribution in [0.15, 0.2) is 0 Å². The Kier molecular flexibility index (Phi) is 45.1. The van der Waals surface area contributed by atoms with Crippen LogP contribution in [0.5, 0.6) is 0 Å². The van der Waals surface area contributed by atoms with Crippen LogP contribution in [0.2, 0.25) is 0 Å². The third-order valence-electron chi connectivity index (χ3n) is 12.6. The number of hydrogen-bond donors (Lipinski definition) is 9. The molecular weight excluding hydrogens is 1020 g/mol. The van der Waals surface area contributed by atoms with Crippen LogP contribution in [0.25, 0.3) is 0 Å². The third-order valence-corrected chi connectivity index (χ3v) is 12.6. The van der Waals surface area contributed by atoms with E-state index in [1.807, 2.05) is 0 Å². The first-order chi connectivity index (χ1) is 37.3. The summed E-state index contributed by atoms with van der Waals surface area (Å²) in [6.07, 6.45) is 16.0. The Morgan fingerprint density at radius 3 is 1.38 bits per heavy atom. The summed E-state index contributed by atoms with van der Waals surface area (Å²) < 4.78 is 21.4. The van der Waals surface area contributed by atoms with Crippen molar-refractivity contribution in [3.8, 4) is 0 Å². The smallest absolute Gasteiger partial charge is 0.326 e. The van der Waals surface area contributed by atoms with E-state index in [1.165, 1.54) is 32.1 Å². The monoisotopic (exact) mass is 1120 g/mol. The number of carboxylic acids is 5. The molecule has 78 heavy (non-hydrogen) atoms. The van der Waals surface area contributed by atoms with E-state index in [1.54, 1.807) is 6.92 Å². The Balaban J connectivity index is 0. The van der Waals surface area contributed by atoms with E-state index in [9.17, 15) is 68.1 Å². The Morgan fingerprint density at radius 2 is 0.846 bits per heavy atom. The highest BCUT2D eigenvalue weighted by Crippen LogP contribution is 2.16. The standard InChI is InChI=1S/C54H92N4O20.H2/c1-40(51(67)68)19-16-17-29-55-46(61)28-26-45(54(73)74)58-48(63)27-23-41(52(69)70)37-43(60)38-77-35-34-76-32-30-56-49(64)39-78-36-33-75-31-18-20-42(59)24-25-44(53(71)72)57-47(62)21-14-12-10-8-6-4-2-3-5-7-9-11-13-15-22-50(65)66;/h40-41,44-45H,2-39H2,1H3,(H,55,61)(H,56,64)(H,57,62)(H,58,63)(H,65,66)(H,67,68)(H,69,70)(H,71,72)(H,73,74);1H/t40-,41+,44-,45-;/m0./s1. The van der Waals surface area contributed by atoms with Gasteiger partial charge in [0.2, 0.25) is 23.6 Å². The quantitative estimate of drug-likeness (QED) is 0.0352. The van der Waals surface area contributed by atoms with E-state index in [2.05, 4.69) is 21.3 Å². The summed E-state index contributed by atoms with van der Waals surface area (Å²) in [5, 5.41) is 56.3. The van der Waals surface area contributed by atoms with E-state index in [0.717, 1.165) is 51.4 Å². The van der Waals surface area contributed by atoms with Crippen LogP contribution in [-0.4, -0.2) is 169 Å². The maximum atomic E-state index is 12.5. The molecule has 0 bridgehead atoms. The fraction of sp³-hybridized carbons (Fsp3) is 0.796. The molecule has 0 rings (SSSR count). The number of rotatable bonds is 56. The molecule has 0 aliphatic carbocycles. The minimum absolute atomic E-state index is 0. The maximum Gasteiger partial charge on any atom is 0.326 e. The molecule has 0 radical (unpaired) electrons. The van der Waals surface area contributed by atoms with Crippen LogP contribution in [0, 0.1) is 11.8 Å². The van der Waals surface area contributed by atoms with Crippen molar-refractivity contribution < 1.29 is 98.6 Å². The minimum atomic E-state index is -1.40. The van der Waals surface area contributed by atoms with Gasteiger partial charge in [0, 0.05) is 66.1 Å². The van der Waals surface area contributed by atoms with Gasteiger partial charge in [0.1, 0.15) is 31.1 Å². The molecule has 4 amide bonds. The van der Waals surface area contributed by atoms with Crippen molar-refractivity contribution in [2.24, 2.45) is 11.8 Å². The number of carbonyl (C=O) groups is 11. The zero-order valence-electron chi connectivity index (χ0n) is 46.0. The van der Waals surface area contributed by atoms with Crippen LogP contribution in [0.4, 0.5) is 0 Å². The summed E-state index contributed by atoms with van der Waals surface area (Å²) in [6, 6.07) is -2.54. The van der Waals surface area contributed by atoms with Gasteiger partial charge in [-0.05, 0) is 51.4 Å². The third kappa shape index (κ3) is 45.4. The maximum absolute atomic E-state index is 12.5. The van der Waals surface area contributed by atoms with Crippen molar-refractivity contribution in [3.63, 3.8) is 0 Å². The number of unbranched alkanes of at least 4 members (excludes halogenated alkanes) is 14. The second kappa shape index (κ2) is 48.5. The number of hydrogen-bond acceptors (Lipinski definition) is 15. The first-order valence-corrected chi connectivity index (χ1v) is 27.9. The first kappa shape index (κ1) is 72.4.